The summed E-state index contributed by atoms with van der Waals surface area (Å²) < 4.78 is 0. The van der Waals surface area contributed by atoms with Gasteiger partial charge in [-0.1, -0.05) is 23.2 Å². The van der Waals surface area contributed by atoms with Gasteiger partial charge in [0.1, 0.15) is 5.15 Å². The lowest BCUT2D eigenvalue weighted by atomic mass is 10.2. The van der Waals surface area contributed by atoms with Crippen molar-refractivity contribution in [3.8, 4) is 0 Å². The van der Waals surface area contributed by atoms with Crippen LogP contribution in [0.2, 0.25) is 10.2 Å². The number of aromatic nitrogens is 1. The molecule has 0 saturated carbocycles. The Balaban J connectivity index is 1.68. The number of rotatable bonds is 2. The van der Waals surface area contributed by atoms with Crippen LogP contribution >= 0.6 is 23.2 Å². The lowest BCUT2D eigenvalue weighted by Gasteiger charge is -2.25. The van der Waals surface area contributed by atoms with Gasteiger partial charge >= 0.3 is 0 Å². The summed E-state index contributed by atoms with van der Waals surface area (Å²) in [6.07, 6.45) is 5.74. The van der Waals surface area contributed by atoms with Crippen molar-refractivity contribution >= 4 is 23.2 Å². The molecule has 5 heteroatoms. The third kappa shape index (κ3) is 3.22. The van der Waals surface area contributed by atoms with E-state index in [4.69, 9.17) is 23.2 Å². The van der Waals surface area contributed by atoms with E-state index < -0.39 is 0 Å². The molecular formula is C14H19Cl2N3. The van der Waals surface area contributed by atoms with E-state index in [2.05, 4.69) is 14.8 Å². The third-order valence-electron chi connectivity index (χ3n) is 4.18. The van der Waals surface area contributed by atoms with Gasteiger partial charge in [-0.2, -0.15) is 0 Å². The fourth-order valence-corrected chi connectivity index (χ4v) is 3.65. The molecule has 1 aromatic heterocycles. The van der Waals surface area contributed by atoms with E-state index >= 15 is 0 Å². The molecule has 0 amide bonds. The van der Waals surface area contributed by atoms with Crippen molar-refractivity contribution in [2.45, 2.75) is 31.8 Å². The van der Waals surface area contributed by atoms with E-state index in [1.165, 1.54) is 32.4 Å². The molecule has 2 aliphatic rings. The summed E-state index contributed by atoms with van der Waals surface area (Å²) in [5.41, 5.74) is 1.08. The number of hydrogen-bond donors (Lipinski definition) is 0. The molecule has 3 heterocycles. The second-order valence-electron chi connectivity index (χ2n) is 5.52. The monoisotopic (exact) mass is 299 g/mol. The highest BCUT2D eigenvalue weighted by Gasteiger charge is 2.28. The van der Waals surface area contributed by atoms with Crippen molar-refractivity contribution in [2.75, 3.05) is 26.2 Å². The number of halogens is 2. The van der Waals surface area contributed by atoms with Crippen molar-refractivity contribution in [3.05, 3.63) is 28.0 Å². The molecule has 0 radical (unpaired) electrons. The van der Waals surface area contributed by atoms with Crippen LogP contribution in [0.15, 0.2) is 12.3 Å². The predicted octanol–water partition coefficient (Wildman–Crippen LogP) is 3.06. The highest BCUT2D eigenvalue weighted by Crippen LogP contribution is 2.24. The molecule has 0 spiro atoms. The largest absolute Gasteiger partial charge is 0.299 e. The van der Waals surface area contributed by atoms with Crippen molar-refractivity contribution in [3.63, 3.8) is 0 Å². The average molecular weight is 300 g/mol. The van der Waals surface area contributed by atoms with Gasteiger partial charge in [0.15, 0.2) is 0 Å². The van der Waals surface area contributed by atoms with E-state index in [-0.39, 0.29) is 0 Å². The fraction of sp³-hybridized carbons (Fsp3) is 0.643. The zero-order valence-corrected chi connectivity index (χ0v) is 12.5. The first-order valence-electron chi connectivity index (χ1n) is 6.99. The molecule has 1 unspecified atom stereocenters. The van der Waals surface area contributed by atoms with Gasteiger partial charge in [0.2, 0.25) is 0 Å². The lowest BCUT2D eigenvalue weighted by Crippen LogP contribution is -2.36. The van der Waals surface area contributed by atoms with Crippen molar-refractivity contribution < 1.29 is 0 Å². The van der Waals surface area contributed by atoms with Crippen molar-refractivity contribution in [1.82, 2.24) is 14.8 Å². The smallest absolute Gasteiger partial charge is 0.130 e. The molecule has 1 atom stereocenters. The van der Waals surface area contributed by atoms with Gasteiger partial charge < -0.3 is 0 Å². The van der Waals surface area contributed by atoms with Crippen LogP contribution in [-0.2, 0) is 6.54 Å². The van der Waals surface area contributed by atoms with Gasteiger partial charge in [0, 0.05) is 35.9 Å². The molecule has 0 aromatic carbocycles. The maximum absolute atomic E-state index is 6.24. The third-order valence-corrected chi connectivity index (χ3v) is 4.74. The van der Waals surface area contributed by atoms with E-state index in [0.717, 1.165) is 36.3 Å². The summed E-state index contributed by atoms with van der Waals surface area (Å²) in [5, 5.41) is 1.19. The molecule has 3 rings (SSSR count). The summed E-state index contributed by atoms with van der Waals surface area (Å²) in [4.78, 5) is 9.29. The fourth-order valence-electron chi connectivity index (χ4n) is 3.22. The highest BCUT2D eigenvalue weighted by molar-refractivity contribution is 6.34. The molecule has 0 bridgehead atoms. The Labute approximate surface area is 124 Å². The Morgan fingerprint density at radius 1 is 1.21 bits per heavy atom. The first-order chi connectivity index (χ1) is 9.22. The van der Waals surface area contributed by atoms with E-state index in [1.54, 1.807) is 6.07 Å². The van der Waals surface area contributed by atoms with Gasteiger partial charge in [-0.05, 0) is 45.0 Å². The maximum atomic E-state index is 6.24. The topological polar surface area (TPSA) is 19.4 Å². The van der Waals surface area contributed by atoms with Crippen molar-refractivity contribution in [1.29, 1.82) is 0 Å². The molecule has 2 saturated heterocycles. The van der Waals surface area contributed by atoms with Gasteiger partial charge in [0.25, 0.3) is 0 Å². The molecular weight excluding hydrogens is 281 g/mol. The van der Waals surface area contributed by atoms with Crippen LogP contribution < -0.4 is 0 Å². The van der Waals surface area contributed by atoms with Crippen LogP contribution in [0.3, 0.4) is 0 Å². The average Bonchev–Trinajstić information content (AvgIpc) is 2.72. The number of nitrogens with zero attached hydrogens (tertiary/aromatic N) is 3. The molecule has 19 heavy (non-hydrogen) atoms. The molecule has 2 aliphatic heterocycles. The van der Waals surface area contributed by atoms with Crippen LogP contribution in [0.1, 0.15) is 24.8 Å². The number of pyridine rings is 1. The summed E-state index contributed by atoms with van der Waals surface area (Å²) in [7, 11) is 0. The lowest BCUT2D eigenvalue weighted by molar-refractivity contribution is 0.215. The Morgan fingerprint density at radius 2 is 2.05 bits per heavy atom. The Kier molecular flexibility index (Phi) is 4.27. The maximum Gasteiger partial charge on any atom is 0.130 e. The second kappa shape index (κ2) is 5.96. The SMILES string of the molecule is Clc1cc(Cl)c(CN2CCCN3CCCC3C2)cn1. The van der Waals surface area contributed by atoms with Crippen LogP contribution in [0.4, 0.5) is 0 Å². The first-order valence-corrected chi connectivity index (χ1v) is 7.74. The Bertz CT molecular complexity index is 452. The normalized spacial score (nSPS) is 25.3. The molecule has 0 aliphatic carbocycles. The minimum atomic E-state index is 0.464. The zero-order valence-electron chi connectivity index (χ0n) is 11.0. The van der Waals surface area contributed by atoms with Gasteiger partial charge in [-0.3, -0.25) is 9.80 Å². The van der Waals surface area contributed by atoms with Crippen LogP contribution in [0.5, 0.6) is 0 Å². The first kappa shape index (κ1) is 13.6. The summed E-state index contributed by atoms with van der Waals surface area (Å²) in [5.74, 6) is 0. The minimum absolute atomic E-state index is 0.464. The van der Waals surface area contributed by atoms with Gasteiger partial charge in [-0.25, -0.2) is 4.98 Å². The molecule has 1 aromatic rings. The minimum Gasteiger partial charge on any atom is -0.299 e. The van der Waals surface area contributed by atoms with Gasteiger partial charge in [-0.15, -0.1) is 0 Å². The zero-order chi connectivity index (χ0) is 13.2. The highest BCUT2D eigenvalue weighted by atomic mass is 35.5. The molecule has 2 fully saturated rings. The summed E-state index contributed by atoms with van der Waals surface area (Å²) in [6, 6.07) is 2.47. The van der Waals surface area contributed by atoms with Crippen molar-refractivity contribution in [2.24, 2.45) is 0 Å². The van der Waals surface area contributed by atoms with Crippen LogP contribution in [-0.4, -0.2) is 47.0 Å². The Morgan fingerprint density at radius 3 is 2.89 bits per heavy atom. The molecule has 0 N–H and O–H groups in total. The standard InChI is InChI=1S/C14H19Cl2N3/c15-13-7-14(16)17-8-11(13)9-18-4-2-6-19-5-1-3-12(19)10-18/h7-8,12H,1-6,9-10H2. The predicted molar refractivity (Wildman–Crippen MR) is 78.7 cm³/mol. The van der Waals surface area contributed by atoms with Gasteiger partial charge in [0.05, 0.1) is 0 Å². The quantitative estimate of drug-likeness (QED) is 0.783. The van der Waals surface area contributed by atoms with Crippen LogP contribution in [0, 0.1) is 0 Å². The number of fused-ring (bicyclic) bond motifs is 1. The van der Waals surface area contributed by atoms with E-state index in [1.807, 2.05) is 6.20 Å². The van der Waals surface area contributed by atoms with E-state index in [0.29, 0.717) is 5.15 Å². The number of hydrogen-bond acceptors (Lipinski definition) is 3. The molecule has 104 valence electrons. The Hall–Kier alpha value is -0.350. The van der Waals surface area contributed by atoms with Crippen LogP contribution in [0.25, 0.3) is 0 Å². The van der Waals surface area contributed by atoms with E-state index in [9.17, 15) is 0 Å². The molecule has 3 nitrogen and oxygen atoms in total. The summed E-state index contributed by atoms with van der Waals surface area (Å²) in [6.45, 7) is 5.70. The summed E-state index contributed by atoms with van der Waals surface area (Å²) >= 11 is 12.1. The second-order valence-corrected chi connectivity index (χ2v) is 6.31.